The first-order valence-corrected chi connectivity index (χ1v) is 5.76. The zero-order valence-corrected chi connectivity index (χ0v) is 10.4. The molecule has 96 valence electrons. The molecule has 5 heteroatoms. The molecule has 0 amide bonds. The van der Waals surface area contributed by atoms with Crippen LogP contribution in [-0.4, -0.2) is 16.5 Å². The van der Waals surface area contributed by atoms with Gasteiger partial charge in [0.2, 0.25) is 0 Å². The van der Waals surface area contributed by atoms with E-state index < -0.39 is 10.7 Å². The Bertz CT molecular complexity index is 482. The molecule has 1 atom stereocenters. The summed E-state index contributed by atoms with van der Waals surface area (Å²) in [7, 11) is 0. The molecule has 0 saturated carbocycles. The molecule has 1 rings (SSSR count). The highest BCUT2D eigenvalue weighted by Gasteiger charge is 2.22. The lowest BCUT2D eigenvalue weighted by Crippen LogP contribution is -2.16. The van der Waals surface area contributed by atoms with Crippen LogP contribution in [0.3, 0.4) is 0 Å². The van der Waals surface area contributed by atoms with Crippen LogP contribution < -0.4 is 0 Å². The molecule has 1 aromatic carbocycles. The lowest BCUT2D eigenvalue weighted by molar-refractivity contribution is -0.385. The highest BCUT2D eigenvalue weighted by Crippen LogP contribution is 2.20. The Morgan fingerprint density at radius 1 is 1.33 bits per heavy atom. The second-order valence-electron chi connectivity index (χ2n) is 4.15. The highest BCUT2D eigenvalue weighted by molar-refractivity contribution is 6.10. The van der Waals surface area contributed by atoms with Gasteiger partial charge in [-0.15, -0.1) is 0 Å². The largest absolute Gasteiger partial charge is 0.299 e. The number of ketones is 2. The van der Waals surface area contributed by atoms with Gasteiger partial charge in [0.1, 0.15) is 5.78 Å². The number of nitro benzene ring substituents is 1. The van der Waals surface area contributed by atoms with Gasteiger partial charge in [0.05, 0.1) is 16.9 Å². The molecule has 18 heavy (non-hydrogen) atoms. The Morgan fingerprint density at radius 3 is 2.50 bits per heavy atom. The lowest BCUT2D eigenvalue weighted by Gasteiger charge is -2.06. The number of benzene rings is 1. The first-order chi connectivity index (χ1) is 8.47. The van der Waals surface area contributed by atoms with E-state index in [1.165, 1.54) is 18.2 Å². The van der Waals surface area contributed by atoms with Crippen molar-refractivity contribution in [3.05, 3.63) is 39.9 Å². The Hall–Kier alpha value is -2.04. The van der Waals surface area contributed by atoms with Crippen molar-refractivity contribution < 1.29 is 14.5 Å². The number of rotatable bonds is 6. The normalized spacial score (nSPS) is 11.9. The summed E-state index contributed by atoms with van der Waals surface area (Å²) in [5.41, 5.74) is -0.251. The second kappa shape index (κ2) is 6.05. The fraction of sp³-hybridized carbons (Fsp3) is 0.385. The fourth-order valence-electron chi connectivity index (χ4n) is 1.52. The number of nitro groups is 1. The maximum atomic E-state index is 11.9. The fourth-order valence-corrected chi connectivity index (χ4v) is 1.52. The average Bonchev–Trinajstić information content (AvgIpc) is 2.37. The van der Waals surface area contributed by atoms with Crippen LogP contribution in [-0.2, 0) is 4.79 Å². The second-order valence-corrected chi connectivity index (χ2v) is 4.15. The summed E-state index contributed by atoms with van der Waals surface area (Å²) in [4.78, 5) is 33.7. The van der Waals surface area contributed by atoms with Crippen LogP contribution in [0.1, 0.15) is 37.0 Å². The monoisotopic (exact) mass is 249 g/mol. The molecule has 5 nitrogen and oxygen atoms in total. The van der Waals surface area contributed by atoms with E-state index in [4.69, 9.17) is 0 Å². The van der Waals surface area contributed by atoms with Gasteiger partial charge < -0.3 is 0 Å². The zero-order chi connectivity index (χ0) is 13.7. The SMILES string of the molecule is CCC(C)C(=O)CC(=O)c1ccccc1[N+](=O)[O-]. The van der Waals surface area contributed by atoms with Gasteiger partial charge >= 0.3 is 0 Å². The van der Waals surface area contributed by atoms with Crippen LogP contribution >= 0.6 is 0 Å². The van der Waals surface area contributed by atoms with E-state index in [9.17, 15) is 19.7 Å². The molecule has 1 unspecified atom stereocenters. The van der Waals surface area contributed by atoms with Crippen molar-refractivity contribution in [2.75, 3.05) is 0 Å². The van der Waals surface area contributed by atoms with E-state index in [1.807, 2.05) is 6.92 Å². The first-order valence-electron chi connectivity index (χ1n) is 5.76. The predicted molar refractivity (Wildman–Crippen MR) is 66.5 cm³/mol. The van der Waals surface area contributed by atoms with Gasteiger partial charge in [-0.05, 0) is 12.5 Å². The Labute approximate surface area is 105 Å². The topological polar surface area (TPSA) is 77.3 Å². The minimum atomic E-state index is -0.610. The maximum Gasteiger partial charge on any atom is 0.280 e. The van der Waals surface area contributed by atoms with E-state index >= 15 is 0 Å². The minimum Gasteiger partial charge on any atom is -0.299 e. The molecule has 0 fully saturated rings. The Kier molecular flexibility index (Phi) is 4.71. The van der Waals surface area contributed by atoms with Gasteiger partial charge in [0.25, 0.3) is 5.69 Å². The number of carbonyl (C=O) groups excluding carboxylic acids is 2. The van der Waals surface area contributed by atoms with Gasteiger partial charge in [-0.25, -0.2) is 0 Å². The number of hydrogen-bond donors (Lipinski definition) is 0. The quantitative estimate of drug-likeness (QED) is 0.336. The van der Waals surface area contributed by atoms with Crippen LogP contribution in [0.5, 0.6) is 0 Å². The van der Waals surface area contributed by atoms with E-state index in [2.05, 4.69) is 0 Å². The van der Waals surface area contributed by atoms with Crippen molar-refractivity contribution in [3.63, 3.8) is 0 Å². The summed E-state index contributed by atoms with van der Waals surface area (Å²) in [5.74, 6) is -0.870. The van der Waals surface area contributed by atoms with E-state index in [-0.39, 0.29) is 29.4 Å². The third-order valence-electron chi connectivity index (χ3n) is 2.90. The van der Waals surface area contributed by atoms with Gasteiger partial charge in [-0.3, -0.25) is 19.7 Å². The van der Waals surface area contributed by atoms with E-state index in [0.29, 0.717) is 6.42 Å². The Morgan fingerprint density at radius 2 is 1.94 bits per heavy atom. The van der Waals surface area contributed by atoms with Crippen LogP contribution in [0.2, 0.25) is 0 Å². The first kappa shape index (κ1) is 14.0. The molecule has 0 saturated heterocycles. The molecular weight excluding hydrogens is 234 g/mol. The average molecular weight is 249 g/mol. The zero-order valence-electron chi connectivity index (χ0n) is 10.4. The van der Waals surface area contributed by atoms with Gasteiger partial charge in [-0.2, -0.15) is 0 Å². The lowest BCUT2D eigenvalue weighted by atomic mass is 9.96. The molecule has 0 N–H and O–H groups in total. The maximum absolute atomic E-state index is 11.9. The standard InChI is InChI=1S/C13H15NO4/c1-3-9(2)12(15)8-13(16)10-6-4-5-7-11(10)14(17)18/h4-7,9H,3,8H2,1-2H3. The molecule has 1 aromatic rings. The van der Waals surface area contributed by atoms with Crippen LogP contribution in [0.15, 0.2) is 24.3 Å². The van der Waals surface area contributed by atoms with Crippen molar-refractivity contribution in [1.29, 1.82) is 0 Å². The summed E-state index contributed by atoms with van der Waals surface area (Å²) in [6.07, 6.45) is 0.378. The van der Waals surface area contributed by atoms with E-state index in [0.717, 1.165) is 0 Å². The smallest absolute Gasteiger partial charge is 0.280 e. The van der Waals surface area contributed by atoms with Crippen molar-refractivity contribution in [2.24, 2.45) is 5.92 Å². The molecule has 0 radical (unpaired) electrons. The summed E-state index contributed by atoms with van der Waals surface area (Å²) in [5, 5.41) is 10.8. The van der Waals surface area contributed by atoms with Crippen molar-refractivity contribution in [1.82, 2.24) is 0 Å². The summed E-state index contributed by atoms with van der Waals surface area (Å²) < 4.78 is 0. The molecule has 0 bridgehead atoms. The van der Waals surface area contributed by atoms with Gasteiger partial charge in [0, 0.05) is 12.0 Å². The van der Waals surface area contributed by atoms with Crippen LogP contribution in [0.4, 0.5) is 5.69 Å². The Balaban J connectivity index is 2.92. The number of carbonyl (C=O) groups is 2. The molecule has 0 heterocycles. The summed E-state index contributed by atoms with van der Waals surface area (Å²) in [6.45, 7) is 3.60. The molecule has 0 aliphatic carbocycles. The molecule has 0 aliphatic heterocycles. The van der Waals surface area contributed by atoms with Gasteiger partial charge in [-0.1, -0.05) is 26.0 Å². The van der Waals surface area contributed by atoms with Gasteiger partial charge in [0.15, 0.2) is 5.78 Å². The highest BCUT2D eigenvalue weighted by atomic mass is 16.6. The van der Waals surface area contributed by atoms with Crippen LogP contribution in [0, 0.1) is 16.0 Å². The summed E-state index contributed by atoms with van der Waals surface area (Å²) in [6, 6.07) is 5.69. The number of para-hydroxylation sites is 1. The minimum absolute atomic E-state index is 0.000784. The summed E-state index contributed by atoms with van der Waals surface area (Å²) >= 11 is 0. The van der Waals surface area contributed by atoms with Crippen molar-refractivity contribution in [2.45, 2.75) is 26.7 Å². The van der Waals surface area contributed by atoms with E-state index in [1.54, 1.807) is 13.0 Å². The molecule has 0 aliphatic rings. The molecule has 0 aromatic heterocycles. The third-order valence-corrected chi connectivity index (χ3v) is 2.90. The van der Waals surface area contributed by atoms with Crippen molar-refractivity contribution >= 4 is 17.3 Å². The number of hydrogen-bond acceptors (Lipinski definition) is 4. The number of nitrogens with zero attached hydrogens (tertiary/aromatic N) is 1. The predicted octanol–water partition coefficient (Wildman–Crippen LogP) is 2.78. The number of Topliss-reactive ketones (excluding diaryl/α,β-unsaturated/α-hetero) is 2. The molecular formula is C13H15NO4. The third kappa shape index (κ3) is 3.23. The van der Waals surface area contributed by atoms with Crippen LogP contribution in [0.25, 0.3) is 0 Å². The van der Waals surface area contributed by atoms with Crippen molar-refractivity contribution in [3.8, 4) is 0 Å². The molecule has 0 spiro atoms.